The van der Waals surface area contributed by atoms with Crippen molar-refractivity contribution in [1.29, 1.82) is 0 Å². The number of aliphatic hydroxyl groups is 1. The normalized spacial score (nSPS) is 39.9. The summed E-state index contributed by atoms with van der Waals surface area (Å²) in [5.74, 6) is 0. The largest absolute Gasteiger partial charge is 0.392 e. The molecule has 1 aliphatic carbocycles. The van der Waals surface area contributed by atoms with Crippen molar-refractivity contribution in [2.45, 2.75) is 50.4 Å². The van der Waals surface area contributed by atoms with Gasteiger partial charge in [0.2, 0.25) is 0 Å². The maximum Gasteiger partial charge on any atom is 0.0700 e. The fraction of sp³-hybridized carbons (Fsp3) is 1.00. The molecular formula is C10H19NO2. The van der Waals surface area contributed by atoms with E-state index in [1.165, 1.54) is 12.8 Å². The summed E-state index contributed by atoms with van der Waals surface area (Å²) in [6, 6.07) is 0.323. The number of ether oxygens (including phenoxy) is 1. The fourth-order valence-electron chi connectivity index (χ4n) is 2.27. The third-order valence-electron chi connectivity index (χ3n) is 3.11. The minimum Gasteiger partial charge on any atom is -0.392 e. The zero-order valence-corrected chi connectivity index (χ0v) is 8.04. The standard InChI is InChI=1S/C10H19NO2/c12-10-5-1-4-9(10)11-7-8-3-2-6-13-8/h8-12H,1-7H2/t8-,9+,10+/m0/s1. The van der Waals surface area contributed by atoms with E-state index in [1.807, 2.05) is 0 Å². The zero-order chi connectivity index (χ0) is 9.10. The van der Waals surface area contributed by atoms with Crippen molar-refractivity contribution in [3.8, 4) is 0 Å². The lowest BCUT2D eigenvalue weighted by Crippen LogP contribution is -2.39. The number of hydrogen-bond donors (Lipinski definition) is 2. The van der Waals surface area contributed by atoms with Crippen LogP contribution in [0.1, 0.15) is 32.1 Å². The van der Waals surface area contributed by atoms with Gasteiger partial charge in [0.25, 0.3) is 0 Å². The molecular weight excluding hydrogens is 166 g/mol. The minimum atomic E-state index is -0.124. The summed E-state index contributed by atoms with van der Waals surface area (Å²) in [5.41, 5.74) is 0. The molecule has 2 N–H and O–H groups in total. The molecule has 0 unspecified atom stereocenters. The van der Waals surface area contributed by atoms with Crippen LogP contribution < -0.4 is 5.32 Å². The lowest BCUT2D eigenvalue weighted by atomic mass is 10.2. The van der Waals surface area contributed by atoms with Crippen LogP contribution in [0.5, 0.6) is 0 Å². The molecule has 0 amide bonds. The van der Waals surface area contributed by atoms with E-state index in [0.717, 1.165) is 32.4 Å². The van der Waals surface area contributed by atoms with Crippen molar-refractivity contribution in [3.63, 3.8) is 0 Å². The Kier molecular flexibility index (Phi) is 3.19. The van der Waals surface area contributed by atoms with Crippen LogP contribution >= 0.6 is 0 Å². The van der Waals surface area contributed by atoms with Crippen LogP contribution in [0.4, 0.5) is 0 Å². The Bertz CT molecular complexity index is 157. The van der Waals surface area contributed by atoms with Crippen molar-refractivity contribution >= 4 is 0 Å². The third kappa shape index (κ3) is 2.42. The van der Waals surface area contributed by atoms with Crippen molar-refractivity contribution < 1.29 is 9.84 Å². The Labute approximate surface area is 79.5 Å². The molecule has 1 aliphatic heterocycles. The average molecular weight is 185 g/mol. The molecule has 0 aromatic carbocycles. The molecule has 2 rings (SSSR count). The van der Waals surface area contributed by atoms with E-state index in [-0.39, 0.29) is 6.10 Å². The summed E-state index contributed by atoms with van der Waals surface area (Å²) in [6.07, 6.45) is 5.88. The van der Waals surface area contributed by atoms with Crippen LogP contribution in [0.25, 0.3) is 0 Å². The van der Waals surface area contributed by atoms with E-state index in [9.17, 15) is 5.11 Å². The molecule has 1 saturated heterocycles. The first-order valence-electron chi connectivity index (χ1n) is 5.39. The average Bonchev–Trinajstić information content (AvgIpc) is 2.72. The van der Waals surface area contributed by atoms with Gasteiger partial charge in [-0.25, -0.2) is 0 Å². The maximum atomic E-state index is 9.56. The molecule has 2 aliphatic rings. The first kappa shape index (κ1) is 9.44. The second-order valence-corrected chi connectivity index (χ2v) is 4.15. The molecule has 1 heterocycles. The van der Waals surface area contributed by atoms with Gasteiger partial charge in [-0.05, 0) is 32.1 Å². The highest BCUT2D eigenvalue weighted by molar-refractivity contribution is 4.83. The number of hydrogen-bond acceptors (Lipinski definition) is 3. The quantitative estimate of drug-likeness (QED) is 0.679. The summed E-state index contributed by atoms with van der Waals surface area (Å²) in [5, 5.41) is 13.0. The summed E-state index contributed by atoms with van der Waals surface area (Å²) in [6.45, 7) is 1.83. The summed E-state index contributed by atoms with van der Waals surface area (Å²) in [4.78, 5) is 0. The number of nitrogens with one attached hydrogen (secondary N) is 1. The lowest BCUT2D eigenvalue weighted by Gasteiger charge is -2.18. The highest BCUT2D eigenvalue weighted by Crippen LogP contribution is 2.19. The van der Waals surface area contributed by atoms with E-state index in [0.29, 0.717) is 12.1 Å². The molecule has 76 valence electrons. The third-order valence-corrected chi connectivity index (χ3v) is 3.11. The highest BCUT2D eigenvalue weighted by Gasteiger charge is 2.26. The summed E-state index contributed by atoms with van der Waals surface area (Å²) < 4.78 is 5.50. The zero-order valence-electron chi connectivity index (χ0n) is 8.04. The minimum absolute atomic E-state index is 0.124. The van der Waals surface area contributed by atoms with Gasteiger partial charge in [0.15, 0.2) is 0 Å². The molecule has 0 bridgehead atoms. The van der Waals surface area contributed by atoms with E-state index in [4.69, 9.17) is 4.74 Å². The van der Waals surface area contributed by atoms with Crippen LogP contribution in [0.15, 0.2) is 0 Å². The Balaban J connectivity index is 1.66. The van der Waals surface area contributed by atoms with Gasteiger partial charge < -0.3 is 15.2 Å². The molecule has 0 spiro atoms. The van der Waals surface area contributed by atoms with Crippen LogP contribution in [0.3, 0.4) is 0 Å². The lowest BCUT2D eigenvalue weighted by molar-refractivity contribution is 0.0952. The smallest absolute Gasteiger partial charge is 0.0700 e. The molecule has 3 atom stereocenters. The molecule has 1 saturated carbocycles. The summed E-state index contributed by atoms with van der Waals surface area (Å²) in [7, 11) is 0. The van der Waals surface area contributed by atoms with E-state index < -0.39 is 0 Å². The van der Waals surface area contributed by atoms with Crippen molar-refractivity contribution in [1.82, 2.24) is 5.32 Å². The van der Waals surface area contributed by atoms with Gasteiger partial charge in [0, 0.05) is 19.2 Å². The Morgan fingerprint density at radius 3 is 2.77 bits per heavy atom. The van der Waals surface area contributed by atoms with Crippen molar-refractivity contribution in [2.24, 2.45) is 0 Å². The van der Waals surface area contributed by atoms with E-state index in [2.05, 4.69) is 5.32 Å². The molecule has 13 heavy (non-hydrogen) atoms. The first-order chi connectivity index (χ1) is 6.36. The summed E-state index contributed by atoms with van der Waals surface area (Å²) >= 11 is 0. The monoisotopic (exact) mass is 185 g/mol. The highest BCUT2D eigenvalue weighted by atomic mass is 16.5. The van der Waals surface area contributed by atoms with Crippen LogP contribution in [0, 0.1) is 0 Å². The topological polar surface area (TPSA) is 41.5 Å². The van der Waals surface area contributed by atoms with Gasteiger partial charge in [-0.2, -0.15) is 0 Å². The van der Waals surface area contributed by atoms with E-state index in [1.54, 1.807) is 0 Å². The molecule has 0 radical (unpaired) electrons. The van der Waals surface area contributed by atoms with Crippen LogP contribution in [0.2, 0.25) is 0 Å². The van der Waals surface area contributed by atoms with Gasteiger partial charge in [0.1, 0.15) is 0 Å². The molecule has 0 aromatic rings. The number of rotatable bonds is 3. The fourth-order valence-corrected chi connectivity index (χ4v) is 2.27. The Morgan fingerprint density at radius 2 is 2.15 bits per heavy atom. The molecule has 3 heteroatoms. The maximum absolute atomic E-state index is 9.56. The van der Waals surface area contributed by atoms with Gasteiger partial charge in [-0.3, -0.25) is 0 Å². The predicted octanol–water partition coefficient (Wildman–Crippen LogP) is 0.668. The van der Waals surface area contributed by atoms with Crippen molar-refractivity contribution in [3.05, 3.63) is 0 Å². The first-order valence-corrected chi connectivity index (χ1v) is 5.39. The van der Waals surface area contributed by atoms with Gasteiger partial charge in [-0.15, -0.1) is 0 Å². The van der Waals surface area contributed by atoms with E-state index >= 15 is 0 Å². The molecule has 2 fully saturated rings. The predicted molar refractivity (Wildman–Crippen MR) is 50.6 cm³/mol. The van der Waals surface area contributed by atoms with Gasteiger partial charge in [-0.1, -0.05) is 0 Å². The Morgan fingerprint density at radius 1 is 1.23 bits per heavy atom. The van der Waals surface area contributed by atoms with Gasteiger partial charge in [0.05, 0.1) is 12.2 Å². The number of aliphatic hydroxyl groups excluding tert-OH is 1. The second-order valence-electron chi connectivity index (χ2n) is 4.15. The second kappa shape index (κ2) is 4.40. The van der Waals surface area contributed by atoms with Crippen LogP contribution in [-0.2, 0) is 4.74 Å². The SMILES string of the molecule is O[C@@H]1CCC[C@H]1NC[C@@H]1CCCO1. The molecule has 3 nitrogen and oxygen atoms in total. The van der Waals surface area contributed by atoms with Crippen LogP contribution in [-0.4, -0.2) is 36.5 Å². The van der Waals surface area contributed by atoms with Crippen molar-refractivity contribution in [2.75, 3.05) is 13.2 Å². The van der Waals surface area contributed by atoms with Gasteiger partial charge >= 0.3 is 0 Å². The molecule has 0 aromatic heterocycles. The Hall–Kier alpha value is -0.120.